The molecule has 0 spiro atoms. The quantitative estimate of drug-likeness (QED) is 0.413. The van der Waals surface area contributed by atoms with Crippen LogP contribution in [0.25, 0.3) is 11.3 Å². The second-order valence-electron chi connectivity index (χ2n) is 9.11. The third-order valence-electron chi connectivity index (χ3n) is 5.96. The Morgan fingerprint density at radius 2 is 1.78 bits per heavy atom. The van der Waals surface area contributed by atoms with Gasteiger partial charge in [0.15, 0.2) is 0 Å². The van der Waals surface area contributed by atoms with Gasteiger partial charge in [-0.25, -0.2) is 0 Å². The number of amides is 1. The predicted molar refractivity (Wildman–Crippen MR) is 128 cm³/mol. The maximum Gasteiger partial charge on any atom is 0.273 e. The number of nitrogens with one attached hydrogen (secondary N) is 1. The number of carbonyl (C=O) groups excluding carboxylic acids is 1. The van der Waals surface area contributed by atoms with E-state index in [-0.39, 0.29) is 11.9 Å². The van der Waals surface area contributed by atoms with Crippen LogP contribution in [0.4, 0.5) is 0 Å². The Hall–Kier alpha value is -3.08. The lowest BCUT2D eigenvalue weighted by Gasteiger charge is -2.28. The first-order valence-corrected chi connectivity index (χ1v) is 11.7. The zero-order valence-electron chi connectivity index (χ0n) is 19.5. The summed E-state index contributed by atoms with van der Waals surface area (Å²) in [5, 5.41) is 7.59. The van der Waals surface area contributed by atoms with Gasteiger partial charge in [0.2, 0.25) is 0 Å². The number of nitrogens with zero attached hydrogens (tertiary/aromatic N) is 2. The number of unbranched alkanes of at least 4 members (excludes halogenated alkanes) is 2. The van der Waals surface area contributed by atoms with Crippen LogP contribution in [0.5, 0.6) is 5.75 Å². The molecule has 1 aromatic heterocycles. The van der Waals surface area contributed by atoms with Crippen molar-refractivity contribution in [1.29, 1.82) is 0 Å². The molecule has 1 aliphatic heterocycles. The maximum absolute atomic E-state index is 13.3. The number of rotatable bonds is 9. The summed E-state index contributed by atoms with van der Waals surface area (Å²) >= 11 is 0. The Kier molecular flexibility index (Phi) is 6.63. The molecule has 2 aromatic carbocycles. The SMILES string of the molecule is CCCCCOc1ccc(C2c3c(-c4ccc(C)cc4)n[nH]c3C(=O)N2CC(C)C)cc1. The van der Waals surface area contributed by atoms with Crippen molar-refractivity contribution >= 4 is 5.91 Å². The minimum Gasteiger partial charge on any atom is -0.494 e. The molecular weight excluding hydrogens is 398 g/mol. The smallest absolute Gasteiger partial charge is 0.273 e. The van der Waals surface area contributed by atoms with E-state index in [4.69, 9.17) is 4.74 Å². The minimum atomic E-state index is -0.163. The lowest BCUT2D eigenvalue weighted by molar-refractivity contribution is 0.0722. The van der Waals surface area contributed by atoms with E-state index in [1.54, 1.807) is 0 Å². The molecule has 0 saturated heterocycles. The molecule has 5 heteroatoms. The molecule has 5 nitrogen and oxygen atoms in total. The van der Waals surface area contributed by atoms with E-state index >= 15 is 0 Å². The average Bonchev–Trinajstić information content (AvgIpc) is 3.32. The summed E-state index contributed by atoms with van der Waals surface area (Å²) in [5.41, 5.74) is 5.72. The number of carbonyl (C=O) groups is 1. The van der Waals surface area contributed by atoms with Crippen molar-refractivity contribution in [2.45, 2.75) is 53.0 Å². The van der Waals surface area contributed by atoms with Crippen LogP contribution in [-0.4, -0.2) is 34.2 Å². The largest absolute Gasteiger partial charge is 0.494 e. The molecule has 0 saturated carbocycles. The molecule has 1 aliphatic rings. The molecule has 168 valence electrons. The predicted octanol–water partition coefficient (Wildman–Crippen LogP) is 6.16. The summed E-state index contributed by atoms with van der Waals surface area (Å²) in [6.07, 6.45) is 3.42. The van der Waals surface area contributed by atoms with E-state index in [0.29, 0.717) is 18.2 Å². The molecule has 3 aromatic rings. The third kappa shape index (κ3) is 4.43. The van der Waals surface area contributed by atoms with Crippen LogP contribution in [0.15, 0.2) is 48.5 Å². The number of aryl methyl sites for hydroxylation is 1. The molecule has 1 atom stereocenters. The molecule has 2 heterocycles. The topological polar surface area (TPSA) is 58.2 Å². The normalized spacial score (nSPS) is 15.5. The van der Waals surface area contributed by atoms with Crippen molar-refractivity contribution in [2.75, 3.05) is 13.2 Å². The Bertz CT molecular complexity index is 1050. The van der Waals surface area contributed by atoms with Gasteiger partial charge in [0, 0.05) is 17.7 Å². The molecule has 4 rings (SSSR count). The van der Waals surface area contributed by atoms with E-state index in [0.717, 1.165) is 41.2 Å². The molecule has 1 unspecified atom stereocenters. The second-order valence-corrected chi connectivity index (χ2v) is 9.11. The maximum atomic E-state index is 13.3. The number of hydrogen-bond donors (Lipinski definition) is 1. The highest BCUT2D eigenvalue weighted by molar-refractivity contribution is 6.00. The first-order valence-electron chi connectivity index (χ1n) is 11.7. The van der Waals surface area contributed by atoms with Crippen LogP contribution in [0.3, 0.4) is 0 Å². The fraction of sp³-hybridized carbons (Fsp3) is 0.407. The molecular formula is C27H33N3O2. The number of aromatic nitrogens is 2. The highest BCUT2D eigenvalue weighted by Crippen LogP contribution is 2.43. The van der Waals surface area contributed by atoms with Gasteiger partial charge in [-0.3, -0.25) is 9.89 Å². The van der Waals surface area contributed by atoms with Crippen molar-refractivity contribution in [3.05, 3.63) is 70.9 Å². The van der Waals surface area contributed by atoms with Crippen LogP contribution >= 0.6 is 0 Å². The molecule has 1 N–H and O–H groups in total. The van der Waals surface area contributed by atoms with Gasteiger partial charge < -0.3 is 9.64 Å². The Labute approximate surface area is 190 Å². The van der Waals surface area contributed by atoms with Crippen LogP contribution < -0.4 is 4.74 Å². The van der Waals surface area contributed by atoms with Gasteiger partial charge in [-0.2, -0.15) is 5.10 Å². The van der Waals surface area contributed by atoms with Gasteiger partial charge in [-0.15, -0.1) is 0 Å². The van der Waals surface area contributed by atoms with Gasteiger partial charge in [0.1, 0.15) is 11.4 Å². The first-order chi connectivity index (χ1) is 15.5. The molecule has 0 bridgehead atoms. The highest BCUT2D eigenvalue weighted by atomic mass is 16.5. The first kappa shape index (κ1) is 22.1. The summed E-state index contributed by atoms with van der Waals surface area (Å²) in [7, 11) is 0. The number of benzene rings is 2. The van der Waals surface area contributed by atoms with E-state index in [1.165, 1.54) is 18.4 Å². The van der Waals surface area contributed by atoms with E-state index in [1.807, 2.05) is 17.0 Å². The lowest BCUT2D eigenvalue weighted by atomic mass is 9.95. The zero-order chi connectivity index (χ0) is 22.7. The van der Waals surface area contributed by atoms with Crippen molar-refractivity contribution < 1.29 is 9.53 Å². The van der Waals surface area contributed by atoms with E-state index in [9.17, 15) is 4.79 Å². The number of hydrogen-bond acceptors (Lipinski definition) is 3. The highest BCUT2D eigenvalue weighted by Gasteiger charge is 2.42. The number of aromatic amines is 1. The third-order valence-corrected chi connectivity index (χ3v) is 5.96. The van der Waals surface area contributed by atoms with Crippen LogP contribution in [-0.2, 0) is 0 Å². The Morgan fingerprint density at radius 3 is 2.44 bits per heavy atom. The molecule has 32 heavy (non-hydrogen) atoms. The summed E-state index contributed by atoms with van der Waals surface area (Å²) < 4.78 is 5.90. The molecule has 0 radical (unpaired) electrons. The van der Waals surface area contributed by atoms with Gasteiger partial charge in [0.25, 0.3) is 5.91 Å². The summed E-state index contributed by atoms with van der Waals surface area (Å²) in [6, 6.07) is 16.4. The van der Waals surface area contributed by atoms with Gasteiger partial charge >= 0.3 is 0 Å². The van der Waals surface area contributed by atoms with Gasteiger partial charge in [-0.1, -0.05) is 75.6 Å². The minimum absolute atomic E-state index is 0.0180. The van der Waals surface area contributed by atoms with E-state index < -0.39 is 0 Å². The fourth-order valence-electron chi connectivity index (χ4n) is 4.34. The summed E-state index contributed by atoms with van der Waals surface area (Å²) in [5.74, 6) is 1.25. The van der Waals surface area contributed by atoms with Crippen molar-refractivity contribution in [2.24, 2.45) is 5.92 Å². The summed E-state index contributed by atoms with van der Waals surface area (Å²) in [4.78, 5) is 15.3. The van der Waals surface area contributed by atoms with Gasteiger partial charge in [-0.05, 0) is 37.0 Å². The van der Waals surface area contributed by atoms with Crippen molar-refractivity contribution in [1.82, 2.24) is 15.1 Å². The number of ether oxygens (including phenoxy) is 1. The lowest BCUT2D eigenvalue weighted by Crippen LogP contribution is -2.32. The zero-order valence-corrected chi connectivity index (χ0v) is 19.5. The number of H-pyrrole nitrogens is 1. The van der Waals surface area contributed by atoms with Crippen LogP contribution in [0, 0.1) is 12.8 Å². The number of fused-ring (bicyclic) bond motifs is 1. The van der Waals surface area contributed by atoms with E-state index in [2.05, 4.69) is 74.3 Å². The Morgan fingerprint density at radius 1 is 1.06 bits per heavy atom. The van der Waals surface area contributed by atoms with Gasteiger partial charge in [0.05, 0.1) is 18.3 Å². The Balaban J connectivity index is 1.69. The monoisotopic (exact) mass is 431 g/mol. The molecule has 0 fully saturated rings. The second kappa shape index (κ2) is 9.60. The standard InChI is InChI=1S/C27H33N3O2/c1-5-6-7-16-32-22-14-12-21(13-15-22)26-23-24(20-10-8-19(4)9-11-20)28-29-25(23)27(31)30(26)17-18(2)3/h8-15,18,26H,5-7,16-17H2,1-4H3,(H,28,29). The average molecular weight is 432 g/mol. The fourth-order valence-corrected chi connectivity index (χ4v) is 4.34. The van der Waals surface area contributed by atoms with Crippen LogP contribution in [0.2, 0.25) is 0 Å². The van der Waals surface area contributed by atoms with Crippen LogP contribution in [0.1, 0.15) is 73.3 Å². The van der Waals surface area contributed by atoms with Crippen molar-refractivity contribution in [3.8, 4) is 17.0 Å². The molecule has 0 aliphatic carbocycles. The molecule has 1 amide bonds. The van der Waals surface area contributed by atoms with Crippen molar-refractivity contribution in [3.63, 3.8) is 0 Å². The summed E-state index contributed by atoms with van der Waals surface area (Å²) in [6.45, 7) is 9.97.